The van der Waals surface area contributed by atoms with Crippen LogP contribution in [0.5, 0.6) is 0 Å². The molecule has 7 heteroatoms. The van der Waals surface area contributed by atoms with E-state index in [-0.39, 0.29) is 13.2 Å². The third-order valence-corrected chi connectivity index (χ3v) is 5.17. The highest BCUT2D eigenvalue weighted by Crippen LogP contribution is 2.18. The molecule has 0 amide bonds. The predicted molar refractivity (Wildman–Crippen MR) is 122 cm³/mol. The van der Waals surface area contributed by atoms with Crippen molar-refractivity contribution in [2.75, 3.05) is 27.3 Å². The van der Waals surface area contributed by atoms with E-state index in [9.17, 15) is 14.7 Å². The maximum absolute atomic E-state index is 12.4. The van der Waals surface area contributed by atoms with Crippen LogP contribution in [0.15, 0.2) is 60.7 Å². The minimum absolute atomic E-state index is 0.0716. The molecule has 0 aliphatic rings. The number of esters is 2. The molecule has 0 saturated heterocycles. The molecule has 0 bridgehead atoms. The molecule has 0 aliphatic carbocycles. The average Bonchev–Trinajstić information content (AvgIpc) is 2.79. The number of carbonyl (C=O) groups is 2. The van der Waals surface area contributed by atoms with Gasteiger partial charge in [-0.15, -0.1) is 0 Å². The Bertz CT molecular complexity index is 827. The van der Waals surface area contributed by atoms with Crippen molar-refractivity contribution >= 4 is 11.9 Å². The van der Waals surface area contributed by atoms with Gasteiger partial charge in [0.1, 0.15) is 12.7 Å². The minimum Gasteiger partial charge on any atom is -0.460 e. The van der Waals surface area contributed by atoms with E-state index in [2.05, 4.69) is 0 Å². The lowest BCUT2D eigenvalue weighted by molar-refractivity contribution is -0.100. The number of aliphatic hydroxyl groups excluding tert-OH is 1. The molecule has 0 radical (unpaired) electrons. The summed E-state index contributed by atoms with van der Waals surface area (Å²) in [7, 11) is 3.63. The van der Waals surface area contributed by atoms with Gasteiger partial charge in [-0.1, -0.05) is 43.3 Å². The number of nitrogens with zero attached hydrogens (tertiary/aromatic N) is 1. The SMILES string of the molecule is CC[C@H](OCCOC(=O)c1ccccc1)C(O)C([C@@H](C)OC(=O)c1ccccc1)N(C)C. The zero-order valence-electron chi connectivity index (χ0n) is 19.1. The maximum atomic E-state index is 12.4. The van der Waals surface area contributed by atoms with Crippen molar-refractivity contribution in [1.82, 2.24) is 4.90 Å². The lowest BCUT2D eigenvalue weighted by Gasteiger charge is -2.36. The van der Waals surface area contributed by atoms with Gasteiger partial charge in [-0.2, -0.15) is 0 Å². The molecule has 2 aromatic rings. The highest BCUT2D eigenvalue weighted by atomic mass is 16.6. The number of ether oxygens (including phenoxy) is 3. The standard InChI is InChI=1S/C25H33NO6/c1-5-21(30-16-17-31-24(28)19-12-8-6-9-13-19)23(27)22(26(3)4)18(2)32-25(29)20-14-10-7-11-15-20/h6-15,18,21-23,27H,5,16-17H2,1-4H3/t18-,21+,22?,23?/m1/s1. The lowest BCUT2D eigenvalue weighted by Crippen LogP contribution is -2.53. The third kappa shape index (κ3) is 7.44. The van der Waals surface area contributed by atoms with E-state index in [1.54, 1.807) is 55.5 Å². The van der Waals surface area contributed by atoms with Crippen LogP contribution in [0, 0.1) is 0 Å². The fourth-order valence-corrected chi connectivity index (χ4v) is 3.55. The van der Waals surface area contributed by atoms with Crippen LogP contribution in [0.1, 0.15) is 41.0 Å². The van der Waals surface area contributed by atoms with Crippen LogP contribution in [0.25, 0.3) is 0 Å². The van der Waals surface area contributed by atoms with Gasteiger partial charge in [0, 0.05) is 0 Å². The maximum Gasteiger partial charge on any atom is 0.338 e. The van der Waals surface area contributed by atoms with Gasteiger partial charge in [-0.25, -0.2) is 9.59 Å². The first kappa shape index (κ1) is 25.5. The van der Waals surface area contributed by atoms with Crippen LogP contribution in [0.2, 0.25) is 0 Å². The van der Waals surface area contributed by atoms with E-state index in [0.717, 1.165) is 0 Å². The molecular weight excluding hydrogens is 410 g/mol. The Hall–Kier alpha value is -2.74. The Morgan fingerprint density at radius 2 is 1.44 bits per heavy atom. The summed E-state index contributed by atoms with van der Waals surface area (Å²) in [6.07, 6.45) is -1.48. The summed E-state index contributed by atoms with van der Waals surface area (Å²) in [5, 5.41) is 11.0. The van der Waals surface area contributed by atoms with Gasteiger partial charge in [0.2, 0.25) is 0 Å². The van der Waals surface area contributed by atoms with Gasteiger partial charge >= 0.3 is 11.9 Å². The quantitative estimate of drug-likeness (QED) is 0.398. The fourth-order valence-electron chi connectivity index (χ4n) is 3.55. The molecule has 1 N–H and O–H groups in total. The van der Waals surface area contributed by atoms with Crippen molar-refractivity contribution < 1.29 is 28.9 Å². The second-order valence-electron chi connectivity index (χ2n) is 7.74. The van der Waals surface area contributed by atoms with E-state index in [4.69, 9.17) is 14.2 Å². The monoisotopic (exact) mass is 443 g/mol. The van der Waals surface area contributed by atoms with Crippen LogP contribution >= 0.6 is 0 Å². The average molecular weight is 444 g/mol. The van der Waals surface area contributed by atoms with Crippen LogP contribution in [0.3, 0.4) is 0 Å². The summed E-state index contributed by atoms with van der Waals surface area (Å²) in [4.78, 5) is 26.3. The minimum atomic E-state index is -0.918. The smallest absolute Gasteiger partial charge is 0.338 e. The number of benzene rings is 2. The van der Waals surface area contributed by atoms with Gasteiger partial charge in [-0.3, -0.25) is 0 Å². The first-order valence-corrected chi connectivity index (χ1v) is 10.8. The molecule has 0 fully saturated rings. The van der Waals surface area contributed by atoms with Gasteiger partial charge < -0.3 is 24.2 Å². The summed E-state index contributed by atoms with van der Waals surface area (Å²) in [6, 6.07) is 17.0. The normalized spacial score (nSPS) is 14.9. The zero-order valence-corrected chi connectivity index (χ0v) is 19.1. The number of likely N-dealkylation sites (N-methyl/N-ethyl adjacent to an activating group) is 1. The first-order valence-electron chi connectivity index (χ1n) is 10.8. The molecule has 2 aromatic carbocycles. The summed E-state index contributed by atoms with van der Waals surface area (Å²) >= 11 is 0. The molecule has 7 nitrogen and oxygen atoms in total. The van der Waals surface area contributed by atoms with Gasteiger partial charge in [0.25, 0.3) is 0 Å². The van der Waals surface area contributed by atoms with Crippen LogP contribution in [-0.2, 0) is 14.2 Å². The van der Waals surface area contributed by atoms with Crippen LogP contribution in [0.4, 0.5) is 0 Å². The summed E-state index contributed by atoms with van der Waals surface area (Å²) in [5.74, 6) is -0.866. The Balaban J connectivity index is 1.90. The predicted octanol–water partition coefficient (Wildman–Crippen LogP) is 3.18. The third-order valence-electron chi connectivity index (χ3n) is 5.17. The second kappa shape index (κ2) is 13.0. The largest absolute Gasteiger partial charge is 0.460 e. The van der Waals surface area contributed by atoms with Crippen molar-refractivity contribution in [1.29, 1.82) is 0 Å². The molecule has 0 heterocycles. The second-order valence-corrected chi connectivity index (χ2v) is 7.74. The summed E-state index contributed by atoms with van der Waals surface area (Å²) < 4.78 is 16.7. The van der Waals surface area contributed by atoms with E-state index in [1.165, 1.54) is 0 Å². The topological polar surface area (TPSA) is 85.3 Å². The molecule has 174 valence electrons. The Labute approximate surface area is 189 Å². The van der Waals surface area contributed by atoms with Gasteiger partial charge in [0.05, 0.1) is 36.0 Å². The van der Waals surface area contributed by atoms with E-state index in [0.29, 0.717) is 17.5 Å². The number of hydrogen-bond donors (Lipinski definition) is 1. The molecule has 0 spiro atoms. The van der Waals surface area contributed by atoms with Gasteiger partial charge in [0.15, 0.2) is 0 Å². The lowest BCUT2D eigenvalue weighted by atomic mass is 9.98. The van der Waals surface area contributed by atoms with E-state index < -0.39 is 36.3 Å². The van der Waals surface area contributed by atoms with Crippen LogP contribution < -0.4 is 0 Å². The molecule has 0 saturated carbocycles. The Morgan fingerprint density at radius 1 is 0.906 bits per heavy atom. The highest BCUT2D eigenvalue weighted by Gasteiger charge is 2.35. The first-order chi connectivity index (χ1) is 15.3. The molecule has 2 rings (SSSR count). The highest BCUT2D eigenvalue weighted by molar-refractivity contribution is 5.89. The molecule has 32 heavy (non-hydrogen) atoms. The van der Waals surface area contributed by atoms with E-state index >= 15 is 0 Å². The molecule has 2 unspecified atom stereocenters. The Kier molecular flexibility index (Phi) is 10.3. The van der Waals surface area contributed by atoms with Crippen LogP contribution in [-0.4, -0.2) is 73.6 Å². The van der Waals surface area contributed by atoms with Crippen molar-refractivity contribution in [2.24, 2.45) is 0 Å². The zero-order chi connectivity index (χ0) is 23.5. The van der Waals surface area contributed by atoms with Crippen molar-refractivity contribution in [3.05, 3.63) is 71.8 Å². The van der Waals surface area contributed by atoms with Crippen molar-refractivity contribution in [3.63, 3.8) is 0 Å². The Morgan fingerprint density at radius 3 is 1.94 bits per heavy atom. The molecule has 0 aliphatic heterocycles. The number of aliphatic hydroxyl groups is 1. The molecule has 0 aromatic heterocycles. The molecular formula is C25H33NO6. The number of rotatable bonds is 12. The molecule has 4 atom stereocenters. The summed E-state index contributed by atoms with van der Waals surface area (Å²) in [6.45, 7) is 3.87. The van der Waals surface area contributed by atoms with Gasteiger partial charge in [-0.05, 0) is 51.7 Å². The van der Waals surface area contributed by atoms with Crippen molar-refractivity contribution in [2.45, 2.75) is 44.6 Å². The van der Waals surface area contributed by atoms with E-state index in [1.807, 2.05) is 38.1 Å². The number of carbonyl (C=O) groups excluding carboxylic acids is 2. The number of hydrogen-bond acceptors (Lipinski definition) is 7. The van der Waals surface area contributed by atoms with Crippen molar-refractivity contribution in [3.8, 4) is 0 Å². The fraction of sp³-hybridized carbons (Fsp3) is 0.440. The summed E-state index contributed by atoms with van der Waals surface area (Å²) in [5.41, 5.74) is 0.927.